The number of aryl methyl sites for hydroxylation is 1. The highest BCUT2D eigenvalue weighted by Gasteiger charge is 2.38. The molecule has 0 radical (unpaired) electrons. The van der Waals surface area contributed by atoms with E-state index in [1.807, 2.05) is 16.7 Å². The molecular weight excluding hydrogens is 629 g/mol. The van der Waals surface area contributed by atoms with Gasteiger partial charge in [0.15, 0.2) is 0 Å². The van der Waals surface area contributed by atoms with Gasteiger partial charge in [0.1, 0.15) is 4.88 Å². The van der Waals surface area contributed by atoms with Crippen LogP contribution in [0.15, 0.2) is 0 Å². The first-order chi connectivity index (χ1) is 23.3. The number of fused-ring (bicyclic) bond motifs is 5. The van der Waals surface area contributed by atoms with Gasteiger partial charge in [-0.3, -0.25) is 19.2 Å². The zero-order valence-electron chi connectivity index (χ0n) is 29.1. The quantitative estimate of drug-likeness (QED) is 0.488. The molecule has 1 aromatic rings. The minimum absolute atomic E-state index is 0.0166. The fourth-order valence-corrected chi connectivity index (χ4v) is 10.2. The van der Waals surface area contributed by atoms with Crippen molar-refractivity contribution in [2.75, 3.05) is 59.5 Å². The van der Waals surface area contributed by atoms with Gasteiger partial charge in [-0.15, -0.1) is 11.3 Å². The second kappa shape index (κ2) is 16.4. The molecule has 266 valence electrons. The summed E-state index contributed by atoms with van der Waals surface area (Å²) in [5.41, 5.74) is 0.711. The first-order valence-electron chi connectivity index (χ1n) is 18.6. The Bertz CT molecular complexity index is 1300. The van der Waals surface area contributed by atoms with Gasteiger partial charge in [-0.25, -0.2) is 4.98 Å². The van der Waals surface area contributed by atoms with Gasteiger partial charge in [0.2, 0.25) is 17.7 Å². The Morgan fingerprint density at radius 1 is 0.875 bits per heavy atom. The maximum atomic E-state index is 13.8. The number of nitrogens with zero attached hydrogens (tertiary/aromatic N) is 4. The number of aromatic nitrogens is 1. The first kappa shape index (κ1) is 35.3. The Morgan fingerprint density at radius 2 is 1.65 bits per heavy atom. The number of carbonyl (C=O) groups excluding carboxylic acids is 4. The molecule has 5 atom stereocenters. The lowest BCUT2D eigenvalue weighted by Gasteiger charge is -2.41. The van der Waals surface area contributed by atoms with Crippen molar-refractivity contribution in [3.8, 4) is 0 Å². The number of rotatable bonds is 5. The average Bonchev–Trinajstić information content (AvgIpc) is 3.84. The molecule has 4 fully saturated rings. The van der Waals surface area contributed by atoms with Crippen LogP contribution in [0, 0.1) is 30.6 Å². The second-order valence-corrected chi connectivity index (χ2v) is 16.1. The lowest BCUT2D eigenvalue weighted by Crippen LogP contribution is -2.48. The fraction of sp³-hybridized carbons (Fsp3) is 0.806. The highest BCUT2D eigenvalue weighted by Crippen LogP contribution is 2.35. The minimum Gasteiger partial charge on any atom is -0.383 e. The van der Waals surface area contributed by atoms with Crippen molar-refractivity contribution in [2.24, 2.45) is 23.7 Å². The standard InChI is InChI=1S/C36H56N6O5S/c1-24-35-36(46)41-17-12-26(20-34(45)42-15-5-8-30(42)23-47-2)28(22-41)19-32(44)37-13-9-27-21-40(29-6-3-4-7-29)16-11-25(27)18-31(43)38-14-10-33(39-24)48-35/h25-30H,3-23H2,1-2H3,(H,37,44)(H,38,43)/t25-,26-,27-,28-,30+/m0/s1. The Kier molecular flexibility index (Phi) is 12.1. The van der Waals surface area contributed by atoms with E-state index < -0.39 is 0 Å². The molecule has 5 aliphatic rings. The number of hydrogen-bond acceptors (Lipinski definition) is 8. The molecule has 0 spiro atoms. The van der Waals surface area contributed by atoms with Gasteiger partial charge < -0.3 is 30.1 Å². The van der Waals surface area contributed by atoms with Gasteiger partial charge in [-0.05, 0) is 82.1 Å². The molecular formula is C36H56N6O5S. The van der Waals surface area contributed by atoms with Crippen LogP contribution in [-0.4, -0.2) is 115 Å². The smallest absolute Gasteiger partial charge is 0.265 e. The molecule has 1 aliphatic carbocycles. The van der Waals surface area contributed by atoms with Crippen LogP contribution in [0.4, 0.5) is 0 Å². The van der Waals surface area contributed by atoms with Crippen LogP contribution in [0.3, 0.4) is 0 Å². The molecule has 2 N–H and O–H groups in total. The number of likely N-dealkylation sites (tertiary alicyclic amines) is 2. The number of methoxy groups -OCH3 is 1. The van der Waals surface area contributed by atoms with E-state index in [0.717, 1.165) is 50.3 Å². The third kappa shape index (κ3) is 8.59. The zero-order valence-corrected chi connectivity index (χ0v) is 29.9. The Labute approximate surface area is 289 Å². The molecule has 5 heterocycles. The van der Waals surface area contributed by atoms with E-state index in [1.54, 1.807) is 7.11 Å². The first-order valence-corrected chi connectivity index (χ1v) is 19.4. The van der Waals surface area contributed by atoms with Crippen LogP contribution < -0.4 is 10.6 Å². The van der Waals surface area contributed by atoms with Gasteiger partial charge in [-0.2, -0.15) is 0 Å². The monoisotopic (exact) mass is 684 g/mol. The van der Waals surface area contributed by atoms with Crippen LogP contribution in [0.2, 0.25) is 0 Å². The molecule has 0 aromatic carbocycles. The minimum atomic E-state index is -0.105. The lowest BCUT2D eigenvalue weighted by atomic mass is 9.80. The third-order valence-corrected chi connectivity index (χ3v) is 13.1. The van der Waals surface area contributed by atoms with E-state index in [1.165, 1.54) is 37.0 Å². The Balaban J connectivity index is 1.18. The number of hydrogen-bond donors (Lipinski definition) is 2. The average molecular weight is 685 g/mol. The fourth-order valence-electron chi connectivity index (χ4n) is 9.17. The molecule has 12 heteroatoms. The summed E-state index contributed by atoms with van der Waals surface area (Å²) in [6.07, 6.45) is 11.4. The number of piperidine rings is 2. The van der Waals surface area contributed by atoms with E-state index in [-0.39, 0.29) is 41.5 Å². The topological polar surface area (TPSA) is 124 Å². The maximum Gasteiger partial charge on any atom is 0.265 e. The summed E-state index contributed by atoms with van der Waals surface area (Å²) >= 11 is 1.41. The SMILES string of the molecule is COC[C@H]1CCCN1C(=O)C[C@@H]1CCN2C[C@@H]1CC(=O)NCC[C@H]1CN(C3CCCC3)CC[C@H]1CC(=O)NCCc1nc(C)c(s1)C2=O. The highest BCUT2D eigenvalue weighted by atomic mass is 32.1. The van der Waals surface area contributed by atoms with E-state index in [9.17, 15) is 19.2 Å². The lowest BCUT2D eigenvalue weighted by molar-refractivity contribution is -0.135. The molecule has 11 nitrogen and oxygen atoms in total. The van der Waals surface area contributed by atoms with Crippen LogP contribution in [-0.2, 0) is 25.5 Å². The number of carbonyl (C=O) groups is 4. The van der Waals surface area contributed by atoms with Crippen LogP contribution >= 0.6 is 11.3 Å². The van der Waals surface area contributed by atoms with Crippen LogP contribution in [0.25, 0.3) is 0 Å². The molecule has 4 aliphatic heterocycles. The van der Waals surface area contributed by atoms with Crippen molar-refractivity contribution >= 4 is 35.0 Å². The second-order valence-electron chi connectivity index (χ2n) is 15.0. The van der Waals surface area contributed by atoms with Crippen LogP contribution in [0.5, 0.6) is 0 Å². The number of nitrogens with one attached hydrogen (secondary N) is 2. The molecule has 0 unspecified atom stereocenters. The van der Waals surface area contributed by atoms with Gasteiger partial charge in [0.05, 0.1) is 23.4 Å². The van der Waals surface area contributed by atoms with Crippen molar-refractivity contribution in [1.29, 1.82) is 0 Å². The van der Waals surface area contributed by atoms with Crippen molar-refractivity contribution in [1.82, 2.24) is 30.3 Å². The predicted molar refractivity (Wildman–Crippen MR) is 185 cm³/mol. The predicted octanol–water partition coefficient (Wildman–Crippen LogP) is 3.40. The van der Waals surface area contributed by atoms with Gasteiger partial charge in [0, 0.05) is 78.1 Å². The molecule has 3 saturated heterocycles. The van der Waals surface area contributed by atoms with Crippen molar-refractivity contribution in [3.05, 3.63) is 15.6 Å². The highest BCUT2D eigenvalue weighted by molar-refractivity contribution is 7.13. The number of thiazole rings is 1. The normalized spacial score (nSPS) is 30.3. The molecule has 4 amide bonds. The summed E-state index contributed by atoms with van der Waals surface area (Å²) in [5.74, 6) is 0.717. The summed E-state index contributed by atoms with van der Waals surface area (Å²) in [4.78, 5) is 65.9. The molecule has 6 rings (SSSR count). The number of amides is 4. The van der Waals surface area contributed by atoms with Gasteiger partial charge >= 0.3 is 0 Å². The van der Waals surface area contributed by atoms with Gasteiger partial charge in [0.25, 0.3) is 5.91 Å². The maximum absolute atomic E-state index is 13.8. The third-order valence-electron chi connectivity index (χ3n) is 11.9. The molecule has 4 bridgehead atoms. The van der Waals surface area contributed by atoms with Crippen molar-refractivity contribution in [2.45, 2.75) is 102 Å². The summed E-state index contributed by atoms with van der Waals surface area (Å²) < 4.78 is 5.40. The largest absolute Gasteiger partial charge is 0.383 e. The summed E-state index contributed by atoms with van der Waals surface area (Å²) in [6.45, 7) is 7.30. The summed E-state index contributed by atoms with van der Waals surface area (Å²) in [5, 5.41) is 7.20. The summed E-state index contributed by atoms with van der Waals surface area (Å²) in [6, 6.07) is 0.768. The van der Waals surface area contributed by atoms with E-state index in [2.05, 4.69) is 15.5 Å². The van der Waals surface area contributed by atoms with Crippen molar-refractivity contribution < 1.29 is 23.9 Å². The van der Waals surface area contributed by atoms with E-state index >= 15 is 0 Å². The molecule has 48 heavy (non-hydrogen) atoms. The Morgan fingerprint density at radius 3 is 2.44 bits per heavy atom. The Hall–Kier alpha value is -2.57. The van der Waals surface area contributed by atoms with Gasteiger partial charge in [-0.1, -0.05) is 12.8 Å². The van der Waals surface area contributed by atoms with E-state index in [4.69, 9.17) is 9.72 Å². The number of ether oxygens (including phenoxy) is 1. The molecule has 1 saturated carbocycles. The molecule has 1 aromatic heterocycles. The zero-order chi connectivity index (χ0) is 33.6. The van der Waals surface area contributed by atoms with Crippen LogP contribution in [0.1, 0.15) is 97.4 Å². The van der Waals surface area contributed by atoms with E-state index in [0.29, 0.717) is 93.3 Å². The summed E-state index contributed by atoms with van der Waals surface area (Å²) in [7, 11) is 1.68. The van der Waals surface area contributed by atoms with Crippen molar-refractivity contribution in [3.63, 3.8) is 0 Å².